The Morgan fingerprint density at radius 1 is 1.48 bits per heavy atom. The van der Waals surface area contributed by atoms with Crippen LogP contribution in [0.3, 0.4) is 0 Å². The Balaban J connectivity index is 2.04. The monoisotopic (exact) mass is 384 g/mol. The first-order valence-corrected chi connectivity index (χ1v) is 8.68. The van der Waals surface area contributed by atoms with Crippen molar-refractivity contribution in [3.8, 4) is 0 Å². The molecule has 3 nitrogen and oxygen atoms in total. The van der Waals surface area contributed by atoms with Gasteiger partial charge in [-0.05, 0) is 57.9 Å². The summed E-state index contributed by atoms with van der Waals surface area (Å²) in [6.45, 7) is 2.91. The van der Waals surface area contributed by atoms with Crippen molar-refractivity contribution >= 4 is 50.5 Å². The predicted octanol–water partition coefficient (Wildman–Crippen LogP) is 4.36. The van der Waals surface area contributed by atoms with Gasteiger partial charge < -0.3 is 10.6 Å². The predicted molar refractivity (Wildman–Crippen MR) is 91.3 cm³/mol. The molecule has 6 heteroatoms. The van der Waals surface area contributed by atoms with Gasteiger partial charge in [0.25, 0.3) is 0 Å². The zero-order valence-corrected chi connectivity index (χ0v) is 14.5. The lowest BCUT2D eigenvalue weighted by Gasteiger charge is -2.19. The Bertz CT molecular complexity index is 701. The maximum absolute atomic E-state index is 11.5. The molecule has 0 radical (unpaired) electrons. The molecule has 2 aromatic rings. The van der Waals surface area contributed by atoms with E-state index in [0.717, 1.165) is 27.1 Å². The van der Waals surface area contributed by atoms with Crippen molar-refractivity contribution < 1.29 is 4.79 Å². The van der Waals surface area contributed by atoms with Crippen LogP contribution in [0.5, 0.6) is 0 Å². The second kappa shape index (κ2) is 6.08. The van der Waals surface area contributed by atoms with Gasteiger partial charge in [0.1, 0.15) is 0 Å². The lowest BCUT2D eigenvalue weighted by molar-refractivity contribution is -0.115. The van der Waals surface area contributed by atoms with Crippen molar-refractivity contribution in [2.75, 3.05) is 11.9 Å². The molecule has 110 valence electrons. The van der Waals surface area contributed by atoms with Crippen molar-refractivity contribution in [3.05, 3.63) is 49.1 Å². The van der Waals surface area contributed by atoms with Gasteiger partial charge in [-0.3, -0.25) is 4.79 Å². The van der Waals surface area contributed by atoms with E-state index < -0.39 is 0 Å². The first-order chi connectivity index (χ1) is 10.1. The number of hydrogen-bond donors (Lipinski definition) is 2. The minimum atomic E-state index is 0.0251. The molecule has 1 aromatic heterocycles. The number of halogens is 2. The summed E-state index contributed by atoms with van der Waals surface area (Å²) in [5, 5.41) is 6.98. The molecule has 0 saturated carbocycles. The standard InChI is InChI=1S/C15H14BrClN2OS/c1-2-18-15(12-3-4-13(16)21-12)9-5-8-6-14(20)19-11(8)7-10(9)17/h3-5,7,15,18H,2,6H2,1H3,(H,19,20). The number of fused-ring (bicyclic) bond motifs is 1. The van der Waals surface area contributed by atoms with E-state index in [1.165, 1.54) is 4.88 Å². The molecule has 1 aromatic carbocycles. The molecule has 0 fully saturated rings. The third-order valence-electron chi connectivity index (χ3n) is 3.45. The lowest BCUT2D eigenvalue weighted by Crippen LogP contribution is -2.21. The van der Waals surface area contributed by atoms with Crippen LogP contribution in [0.25, 0.3) is 0 Å². The van der Waals surface area contributed by atoms with Crippen LogP contribution < -0.4 is 10.6 Å². The molecule has 1 aliphatic heterocycles. The number of amides is 1. The second-order valence-electron chi connectivity index (χ2n) is 4.89. The molecular weight excluding hydrogens is 372 g/mol. The largest absolute Gasteiger partial charge is 0.325 e. The minimum Gasteiger partial charge on any atom is -0.325 e. The molecule has 2 N–H and O–H groups in total. The molecule has 0 aliphatic carbocycles. The van der Waals surface area contributed by atoms with E-state index in [2.05, 4.69) is 39.6 Å². The number of thiophene rings is 1. The highest BCUT2D eigenvalue weighted by molar-refractivity contribution is 9.11. The Morgan fingerprint density at radius 3 is 2.95 bits per heavy atom. The summed E-state index contributed by atoms with van der Waals surface area (Å²) in [6.07, 6.45) is 0.423. The number of rotatable bonds is 4. The van der Waals surface area contributed by atoms with Crippen LogP contribution in [0.2, 0.25) is 5.02 Å². The summed E-state index contributed by atoms with van der Waals surface area (Å²) < 4.78 is 1.09. The van der Waals surface area contributed by atoms with Crippen LogP contribution in [0.15, 0.2) is 28.1 Å². The SMILES string of the molecule is CCNC(c1ccc(Br)s1)c1cc2c(cc1Cl)NC(=O)C2. The number of carbonyl (C=O) groups is 1. The molecule has 0 bridgehead atoms. The van der Waals surface area contributed by atoms with Crippen molar-refractivity contribution in [1.29, 1.82) is 0 Å². The molecule has 1 atom stereocenters. The van der Waals surface area contributed by atoms with Crippen LogP contribution in [0.4, 0.5) is 5.69 Å². The molecule has 1 aliphatic rings. The topological polar surface area (TPSA) is 41.1 Å². The Labute approximate surface area is 140 Å². The summed E-state index contributed by atoms with van der Waals surface area (Å²) in [7, 11) is 0. The van der Waals surface area contributed by atoms with Crippen LogP contribution in [-0.4, -0.2) is 12.5 Å². The van der Waals surface area contributed by atoms with Crippen molar-refractivity contribution in [1.82, 2.24) is 5.32 Å². The Hall–Kier alpha value is -0.880. The average Bonchev–Trinajstić information content (AvgIpc) is 3.00. The first-order valence-electron chi connectivity index (χ1n) is 6.69. The van der Waals surface area contributed by atoms with E-state index in [1.54, 1.807) is 11.3 Å². The fourth-order valence-electron chi connectivity index (χ4n) is 2.54. The van der Waals surface area contributed by atoms with Gasteiger partial charge >= 0.3 is 0 Å². The van der Waals surface area contributed by atoms with Crippen LogP contribution in [0, 0.1) is 0 Å². The maximum Gasteiger partial charge on any atom is 0.228 e. The van der Waals surface area contributed by atoms with Gasteiger partial charge in [0.15, 0.2) is 0 Å². The highest BCUT2D eigenvalue weighted by atomic mass is 79.9. The first kappa shape index (κ1) is 15.0. The summed E-state index contributed by atoms with van der Waals surface area (Å²) in [6, 6.07) is 8.06. The number of anilines is 1. The number of carbonyl (C=O) groups excluding carboxylic acids is 1. The number of benzene rings is 1. The normalized spacial score (nSPS) is 14.9. The minimum absolute atomic E-state index is 0.0251. The molecule has 1 amide bonds. The summed E-state index contributed by atoms with van der Waals surface area (Å²) in [4.78, 5) is 12.7. The molecule has 2 heterocycles. The zero-order chi connectivity index (χ0) is 15.0. The summed E-state index contributed by atoms with van der Waals surface area (Å²) in [5.41, 5.74) is 2.86. The van der Waals surface area contributed by atoms with Gasteiger partial charge in [-0.15, -0.1) is 11.3 Å². The van der Waals surface area contributed by atoms with Gasteiger partial charge in [-0.2, -0.15) is 0 Å². The van der Waals surface area contributed by atoms with Crippen molar-refractivity contribution in [3.63, 3.8) is 0 Å². The molecule has 0 saturated heterocycles. The Morgan fingerprint density at radius 2 is 2.29 bits per heavy atom. The van der Waals surface area contributed by atoms with Crippen molar-refractivity contribution in [2.24, 2.45) is 0 Å². The van der Waals surface area contributed by atoms with Gasteiger partial charge in [-0.1, -0.05) is 18.5 Å². The van der Waals surface area contributed by atoms with Gasteiger partial charge in [0.05, 0.1) is 16.2 Å². The zero-order valence-electron chi connectivity index (χ0n) is 11.4. The summed E-state index contributed by atoms with van der Waals surface area (Å²) >= 11 is 11.6. The van der Waals surface area contributed by atoms with E-state index in [4.69, 9.17) is 11.6 Å². The van der Waals surface area contributed by atoms with E-state index in [-0.39, 0.29) is 11.9 Å². The Kier molecular flexibility index (Phi) is 4.36. The fraction of sp³-hybridized carbons (Fsp3) is 0.267. The van der Waals surface area contributed by atoms with Gasteiger partial charge in [-0.25, -0.2) is 0 Å². The van der Waals surface area contributed by atoms with E-state index in [0.29, 0.717) is 11.4 Å². The van der Waals surface area contributed by atoms with E-state index in [9.17, 15) is 4.79 Å². The second-order valence-corrected chi connectivity index (χ2v) is 7.79. The molecule has 3 rings (SSSR count). The van der Waals surface area contributed by atoms with Crippen LogP contribution in [-0.2, 0) is 11.2 Å². The maximum atomic E-state index is 11.5. The molecule has 1 unspecified atom stereocenters. The average molecular weight is 386 g/mol. The number of nitrogens with one attached hydrogen (secondary N) is 2. The number of hydrogen-bond acceptors (Lipinski definition) is 3. The third-order valence-corrected chi connectivity index (χ3v) is 5.46. The van der Waals surface area contributed by atoms with Crippen LogP contribution in [0.1, 0.15) is 29.0 Å². The van der Waals surface area contributed by atoms with Crippen LogP contribution >= 0.6 is 38.9 Å². The van der Waals surface area contributed by atoms with Gasteiger partial charge in [0, 0.05) is 15.6 Å². The van der Waals surface area contributed by atoms with E-state index in [1.807, 2.05) is 18.2 Å². The molecule has 0 spiro atoms. The van der Waals surface area contributed by atoms with Gasteiger partial charge in [0.2, 0.25) is 5.91 Å². The fourth-order valence-corrected chi connectivity index (χ4v) is 4.33. The summed E-state index contributed by atoms with van der Waals surface area (Å²) in [5.74, 6) is 0.0251. The van der Waals surface area contributed by atoms with E-state index >= 15 is 0 Å². The molecule has 21 heavy (non-hydrogen) atoms. The highest BCUT2D eigenvalue weighted by Gasteiger charge is 2.24. The third kappa shape index (κ3) is 3.01. The molecular formula is C15H14BrClN2OS. The lowest BCUT2D eigenvalue weighted by atomic mass is 10.0. The van der Waals surface area contributed by atoms with Crippen molar-refractivity contribution in [2.45, 2.75) is 19.4 Å². The highest BCUT2D eigenvalue weighted by Crippen LogP contribution is 2.38. The smallest absolute Gasteiger partial charge is 0.228 e. The quantitative estimate of drug-likeness (QED) is 0.821.